The number of hydrogen-bond acceptors (Lipinski definition) is 5. The molecule has 2 N–H and O–H groups in total. The van der Waals surface area contributed by atoms with E-state index in [4.69, 9.17) is 9.72 Å². The van der Waals surface area contributed by atoms with Crippen LogP contribution in [0.2, 0.25) is 0 Å². The van der Waals surface area contributed by atoms with Gasteiger partial charge in [-0.3, -0.25) is 5.10 Å². The van der Waals surface area contributed by atoms with Crippen LogP contribution in [0.25, 0.3) is 32.0 Å². The van der Waals surface area contributed by atoms with Crippen LogP contribution in [0, 0.1) is 0 Å². The van der Waals surface area contributed by atoms with Crippen LogP contribution in [0.4, 0.5) is 0 Å². The summed E-state index contributed by atoms with van der Waals surface area (Å²) in [6, 6.07) is 11.7. The topological polar surface area (TPSA) is 71.0 Å². The number of aromatic amines is 1. The predicted octanol–water partition coefficient (Wildman–Crippen LogP) is 5.02. The van der Waals surface area contributed by atoms with Crippen LogP contribution in [0.15, 0.2) is 42.6 Å². The smallest absolute Gasteiger partial charge is 0.128 e. The zero-order valence-electron chi connectivity index (χ0n) is 14.6. The summed E-state index contributed by atoms with van der Waals surface area (Å²) in [5.74, 6) is 0.863. The summed E-state index contributed by atoms with van der Waals surface area (Å²) in [4.78, 5) is 4.72. The number of aromatic hydroxyl groups is 1. The number of phenols is 1. The van der Waals surface area contributed by atoms with Crippen molar-refractivity contribution in [2.45, 2.75) is 19.8 Å². The van der Waals surface area contributed by atoms with E-state index in [0.29, 0.717) is 11.3 Å². The fraction of sp³-hybridized carbons (Fsp3) is 0.200. The zero-order chi connectivity index (χ0) is 18.1. The van der Waals surface area contributed by atoms with Crippen LogP contribution in [0.5, 0.6) is 11.5 Å². The second kappa shape index (κ2) is 6.80. The Hall–Kier alpha value is -2.86. The van der Waals surface area contributed by atoms with E-state index in [2.05, 4.69) is 23.2 Å². The minimum atomic E-state index is 0.160. The molecule has 0 aliphatic heterocycles. The number of para-hydroxylation sites is 1. The van der Waals surface area contributed by atoms with E-state index in [-0.39, 0.29) is 5.75 Å². The normalized spacial score (nSPS) is 11.2. The Labute approximate surface area is 155 Å². The highest BCUT2D eigenvalue weighted by atomic mass is 32.1. The van der Waals surface area contributed by atoms with Gasteiger partial charge in [0.15, 0.2) is 0 Å². The van der Waals surface area contributed by atoms with Gasteiger partial charge in [0, 0.05) is 11.6 Å². The maximum Gasteiger partial charge on any atom is 0.128 e. The number of nitrogens with one attached hydrogen (secondary N) is 1. The van der Waals surface area contributed by atoms with Gasteiger partial charge in [0.25, 0.3) is 0 Å². The number of nitrogens with zero attached hydrogens (tertiary/aromatic N) is 2. The van der Waals surface area contributed by atoms with E-state index >= 15 is 0 Å². The monoisotopic (exact) mass is 365 g/mol. The van der Waals surface area contributed by atoms with Gasteiger partial charge in [-0.1, -0.05) is 25.5 Å². The molecule has 2 heterocycles. The lowest BCUT2D eigenvalue weighted by atomic mass is 10.0. The number of aromatic nitrogens is 3. The van der Waals surface area contributed by atoms with Gasteiger partial charge in [0.2, 0.25) is 0 Å². The molecule has 0 bridgehead atoms. The Balaban J connectivity index is 1.85. The van der Waals surface area contributed by atoms with Crippen molar-refractivity contribution in [3.05, 3.63) is 48.2 Å². The Morgan fingerprint density at radius 3 is 2.81 bits per heavy atom. The highest BCUT2D eigenvalue weighted by molar-refractivity contribution is 7.21. The average molecular weight is 365 g/mol. The largest absolute Gasteiger partial charge is 0.507 e. The molecule has 5 nitrogen and oxygen atoms in total. The number of phenolic OH excluding ortho intramolecular Hbond substituents is 1. The fourth-order valence-corrected chi connectivity index (χ4v) is 4.09. The van der Waals surface area contributed by atoms with Gasteiger partial charge in [-0.2, -0.15) is 5.10 Å². The number of hydrogen-bond donors (Lipinski definition) is 2. The lowest BCUT2D eigenvalue weighted by Gasteiger charge is -2.12. The first-order valence-electron chi connectivity index (χ1n) is 8.50. The fourth-order valence-electron chi connectivity index (χ4n) is 3.11. The molecular weight excluding hydrogens is 346 g/mol. The van der Waals surface area contributed by atoms with Crippen molar-refractivity contribution in [2.75, 3.05) is 7.11 Å². The summed E-state index contributed by atoms with van der Waals surface area (Å²) in [6.45, 7) is 2.12. The van der Waals surface area contributed by atoms with Gasteiger partial charge >= 0.3 is 0 Å². The van der Waals surface area contributed by atoms with E-state index in [1.165, 1.54) is 0 Å². The van der Waals surface area contributed by atoms with Crippen molar-refractivity contribution in [3.63, 3.8) is 0 Å². The molecule has 0 atom stereocenters. The molecule has 0 saturated carbocycles. The van der Waals surface area contributed by atoms with Gasteiger partial charge in [-0.25, -0.2) is 4.98 Å². The lowest BCUT2D eigenvalue weighted by molar-refractivity contribution is 0.403. The highest BCUT2D eigenvalue weighted by Crippen LogP contribution is 2.41. The molecule has 6 heteroatoms. The summed E-state index contributed by atoms with van der Waals surface area (Å²) in [6.07, 6.45) is 3.63. The molecule has 26 heavy (non-hydrogen) atoms. The average Bonchev–Trinajstić information content (AvgIpc) is 3.29. The summed E-state index contributed by atoms with van der Waals surface area (Å²) in [5.41, 5.74) is 4.38. The van der Waals surface area contributed by atoms with Crippen molar-refractivity contribution in [2.24, 2.45) is 0 Å². The molecule has 0 fully saturated rings. The highest BCUT2D eigenvalue weighted by Gasteiger charge is 2.18. The molecule has 0 spiro atoms. The number of aryl methyl sites for hydroxylation is 1. The van der Waals surface area contributed by atoms with Gasteiger partial charge < -0.3 is 9.84 Å². The molecule has 0 radical (unpaired) electrons. The Morgan fingerprint density at radius 2 is 2.04 bits per heavy atom. The minimum absolute atomic E-state index is 0.160. The Kier molecular flexibility index (Phi) is 4.34. The quantitative estimate of drug-likeness (QED) is 0.521. The summed E-state index contributed by atoms with van der Waals surface area (Å²) >= 11 is 1.61. The van der Waals surface area contributed by atoms with E-state index in [0.717, 1.165) is 44.9 Å². The third-order valence-corrected chi connectivity index (χ3v) is 5.42. The second-order valence-corrected chi connectivity index (χ2v) is 7.11. The van der Waals surface area contributed by atoms with Gasteiger partial charge in [0.1, 0.15) is 16.5 Å². The molecule has 4 aromatic rings. The Morgan fingerprint density at radius 1 is 1.19 bits per heavy atom. The molecule has 4 rings (SSSR count). The van der Waals surface area contributed by atoms with E-state index in [9.17, 15) is 5.11 Å². The molecule has 2 aromatic heterocycles. The molecule has 0 amide bonds. The number of benzene rings is 2. The Bertz CT molecular complexity index is 1040. The molecule has 2 aromatic carbocycles. The SMILES string of the molecule is CCCc1cc(-c2[nH]ncc2-c2nc3ccccc3s2)c(O)cc1OC. The van der Waals surface area contributed by atoms with Crippen LogP contribution < -0.4 is 4.74 Å². The first kappa shape index (κ1) is 16.6. The van der Waals surface area contributed by atoms with Gasteiger partial charge in [-0.15, -0.1) is 11.3 Å². The van der Waals surface area contributed by atoms with Crippen LogP contribution >= 0.6 is 11.3 Å². The number of methoxy groups -OCH3 is 1. The van der Waals surface area contributed by atoms with Crippen LogP contribution in [-0.2, 0) is 6.42 Å². The third-order valence-electron chi connectivity index (χ3n) is 4.35. The summed E-state index contributed by atoms with van der Waals surface area (Å²) in [7, 11) is 1.62. The van der Waals surface area contributed by atoms with E-state index in [1.807, 2.05) is 24.3 Å². The maximum atomic E-state index is 10.6. The van der Waals surface area contributed by atoms with Crippen LogP contribution in [-0.4, -0.2) is 27.4 Å². The molecule has 0 unspecified atom stereocenters. The van der Waals surface area contributed by atoms with E-state index in [1.54, 1.807) is 30.7 Å². The zero-order valence-corrected chi connectivity index (χ0v) is 15.4. The number of H-pyrrole nitrogens is 1. The third kappa shape index (κ3) is 2.82. The first-order chi connectivity index (χ1) is 12.7. The lowest BCUT2D eigenvalue weighted by Crippen LogP contribution is -1.94. The summed E-state index contributed by atoms with van der Waals surface area (Å²) < 4.78 is 6.53. The van der Waals surface area contributed by atoms with Crippen LogP contribution in [0.1, 0.15) is 18.9 Å². The number of ether oxygens (including phenoxy) is 1. The maximum absolute atomic E-state index is 10.6. The van der Waals surface area contributed by atoms with Crippen LogP contribution in [0.3, 0.4) is 0 Å². The first-order valence-corrected chi connectivity index (χ1v) is 9.32. The van der Waals surface area contributed by atoms with E-state index < -0.39 is 0 Å². The molecule has 0 saturated heterocycles. The minimum Gasteiger partial charge on any atom is -0.507 e. The summed E-state index contributed by atoms with van der Waals surface area (Å²) in [5, 5.41) is 18.7. The molecular formula is C20H19N3O2S. The number of rotatable bonds is 5. The second-order valence-electron chi connectivity index (χ2n) is 6.08. The standard InChI is InChI=1S/C20H19N3O2S/c1-3-6-12-9-13(16(24)10-17(12)25-2)19-14(11-21-23-19)20-22-15-7-4-5-8-18(15)26-20/h4-5,7-11,24H,3,6H2,1-2H3,(H,21,23). The van der Waals surface area contributed by atoms with Crippen molar-refractivity contribution in [1.82, 2.24) is 15.2 Å². The van der Waals surface area contributed by atoms with Gasteiger partial charge in [-0.05, 0) is 30.2 Å². The molecule has 0 aliphatic carbocycles. The number of fused-ring (bicyclic) bond motifs is 1. The van der Waals surface area contributed by atoms with Crippen molar-refractivity contribution < 1.29 is 9.84 Å². The predicted molar refractivity (Wildman–Crippen MR) is 105 cm³/mol. The van der Waals surface area contributed by atoms with Gasteiger partial charge in [0.05, 0.1) is 34.8 Å². The molecule has 132 valence electrons. The van der Waals surface area contributed by atoms with Crippen molar-refractivity contribution in [3.8, 4) is 33.3 Å². The van der Waals surface area contributed by atoms with Crippen molar-refractivity contribution in [1.29, 1.82) is 0 Å². The molecule has 0 aliphatic rings. The van der Waals surface area contributed by atoms with Crippen molar-refractivity contribution >= 4 is 21.6 Å². The number of thiazole rings is 1.